The second-order valence-corrected chi connectivity index (χ2v) is 6.68. The molecule has 0 saturated heterocycles. The van der Waals surface area contributed by atoms with Gasteiger partial charge in [0.1, 0.15) is 0 Å². The van der Waals surface area contributed by atoms with Crippen LogP contribution in [0.3, 0.4) is 0 Å². The van der Waals surface area contributed by atoms with E-state index < -0.39 is 0 Å². The Balaban J connectivity index is 2.38. The number of hydrogen-bond acceptors (Lipinski definition) is 0. The van der Waals surface area contributed by atoms with Crippen molar-refractivity contribution in [2.24, 2.45) is 5.92 Å². The van der Waals surface area contributed by atoms with Gasteiger partial charge in [-0.25, -0.2) is 0 Å². The summed E-state index contributed by atoms with van der Waals surface area (Å²) in [6.45, 7) is 4.43. The standard InChI is InChI=1S/C18H19Cl3/c1-3-12(2)17(13-7-5-4-6-8-13)18(21)14-9-10-15(19)16(20)11-14/h4-12,17-18H,3H2,1-2H3. The summed E-state index contributed by atoms with van der Waals surface area (Å²) in [5, 5.41) is 0.983. The second kappa shape index (κ2) is 7.54. The van der Waals surface area contributed by atoms with Crippen molar-refractivity contribution < 1.29 is 0 Å². The third-order valence-electron chi connectivity index (χ3n) is 4.02. The average molecular weight is 342 g/mol. The van der Waals surface area contributed by atoms with Crippen molar-refractivity contribution in [2.45, 2.75) is 31.6 Å². The maximum Gasteiger partial charge on any atom is 0.0656 e. The van der Waals surface area contributed by atoms with Gasteiger partial charge in [-0.05, 0) is 29.2 Å². The highest BCUT2D eigenvalue weighted by Crippen LogP contribution is 2.43. The normalized spacial score (nSPS) is 15.5. The molecule has 0 spiro atoms. The lowest BCUT2D eigenvalue weighted by molar-refractivity contribution is 0.434. The predicted octanol–water partition coefficient (Wildman–Crippen LogP) is 7.10. The number of benzene rings is 2. The Labute approximate surface area is 142 Å². The summed E-state index contributed by atoms with van der Waals surface area (Å²) in [6.07, 6.45) is 1.07. The Kier molecular flexibility index (Phi) is 5.98. The van der Waals surface area contributed by atoms with E-state index in [1.807, 2.05) is 24.3 Å². The zero-order valence-corrected chi connectivity index (χ0v) is 14.5. The molecule has 0 radical (unpaired) electrons. The van der Waals surface area contributed by atoms with E-state index in [-0.39, 0.29) is 11.3 Å². The SMILES string of the molecule is CCC(C)C(c1ccccc1)C(Cl)c1ccc(Cl)c(Cl)c1. The molecule has 2 rings (SSSR count). The fourth-order valence-corrected chi connectivity index (χ4v) is 3.44. The van der Waals surface area contributed by atoms with Gasteiger partial charge in [0, 0.05) is 5.92 Å². The fraction of sp³-hybridized carbons (Fsp3) is 0.333. The molecule has 0 N–H and O–H groups in total. The maximum absolute atomic E-state index is 6.80. The molecule has 0 heterocycles. The molecular formula is C18H19Cl3. The van der Waals surface area contributed by atoms with Crippen molar-refractivity contribution in [3.8, 4) is 0 Å². The summed E-state index contributed by atoms with van der Waals surface area (Å²) in [6, 6.07) is 16.1. The molecule has 0 aliphatic carbocycles. The minimum absolute atomic E-state index is 0.128. The minimum Gasteiger partial charge on any atom is -0.117 e. The Morgan fingerprint density at radius 1 is 0.905 bits per heavy atom. The van der Waals surface area contributed by atoms with E-state index in [0.717, 1.165) is 12.0 Å². The van der Waals surface area contributed by atoms with Gasteiger partial charge in [0.05, 0.1) is 15.4 Å². The van der Waals surface area contributed by atoms with Gasteiger partial charge in [0.2, 0.25) is 0 Å². The smallest absolute Gasteiger partial charge is 0.0656 e. The molecule has 0 aliphatic rings. The molecule has 0 nitrogen and oxygen atoms in total. The van der Waals surface area contributed by atoms with Crippen LogP contribution < -0.4 is 0 Å². The van der Waals surface area contributed by atoms with Crippen molar-refractivity contribution in [2.75, 3.05) is 0 Å². The van der Waals surface area contributed by atoms with Gasteiger partial charge >= 0.3 is 0 Å². The highest BCUT2D eigenvalue weighted by molar-refractivity contribution is 6.42. The largest absolute Gasteiger partial charge is 0.117 e. The van der Waals surface area contributed by atoms with Crippen LogP contribution in [0, 0.1) is 5.92 Å². The molecule has 0 aliphatic heterocycles. The Hall–Kier alpha value is -0.690. The van der Waals surface area contributed by atoms with Crippen molar-refractivity contribution in [1.82, 2.24) is 0 Å². The topological polar surface area (TPSA) is 0 Å². The molecule has 21 heavy (non-hydrogen) atoms. The Morgan fingerprint density at radius 2 is 1.57 bits per heavy atom. The number of hydrogen-bond donors (Lipinski definition) is 0. The van der Waals surface area contributed by atoms with E-state index in [1.54, 1.807) is 0 Å². The highest BCUT2D eigenvalue weighted by atomic mass is 35.5. The van der Waals surface area contributed by atoms with E-state index >= 15 is 0 Å². The van der Waals surface area contributed by atoms with E-state index in [1.165, 1.54) is 5.56 Å². The van der Waals surface area contributed by atoms with Crippen LogP contribution in [0.2, 0.25) is 10.0 Å². The molecule has 0 fully saturated rings. The van der Waals surface area contributed by atoms with Crippen molar-refractivity contribution in [3.05, 3.63) is 69.7 Å². The van der Waals surface area contributed by atoms with Crippen LogP contribution in [0.25, 0.3) is 0 Å². The molecule has 0 amide bonds. The first kappa shape index (κ1) is 16.7. The van der Waals surface area contributed by atoms with Crippen LogP contribution in [0.5, 0.6) is 0 Å². The van der Waals surface area contributed by atoms with Crippen molar-refractivity contribution in [1.29, 1.82) is 0 Å². The number of halogens is 3. The minimum atomic E-state index is -0.128. The first-order chi connectivity index (χ1) is 10.0. The lowest BCUT2D eigenvalue weighted by Crippen LogP contribution is -2.15. The molecule has 3 heteroatoms. The van der Waals surface area contributed by atoms with Gasteiger partial charge in [-0.15, -0.1) is 11.6 Å². The van der Waals surface area contributed by atoms with E-state index in [4.69, 9.17) is 34.8 Å². The lowest BCUT2D eigenvalue weighted by atomic mass is 9.81. The number of alkyl halides is 1. The molecule has 3 unspecified atom stereocenters. The number of rotatable bonds is 5. The highest BCUT2D eigenvalue weighted by Gasteiger charge is 2.27. The van der Waals surface area contributed by atoms with Crippen molar-refractivity contribution >= 4 is 34.8 Å². The van der Waals surface area contributed by atoms with E-state index in [2.05, 4.69) is 38.1 Å². The second-order valence-electron chi connectivity index (χ2n) is 5.40. The molecule has 2 aromatic rings. The molecule has 0 aromatic heterocycles. The van der Waals surface area contributed by atoms with Crippen molar-refractivity contribution in [3.63, 3.8) is 0 Å². The van der Waals surface area contributed by atoms with Crippen LogP contribution in [-0.4, -0.2) is 0 Å². The van der Waals surface area contributed by atoms with E-state index in [0.29, 0.717) is 16.0 Å². The summed E-state index contributed by atoms with van der Waals surface area (Å²) in [7, 11) is 0. The Morgan fingerprint density at radius 3 is 2.14 bits per heavy atom. The first-order valence-electron chi connectivity index (χ1n) is 7.18. The molecule has 112 valence electrons. The van der Waals surface area contributed by atoms with Gasteiger partial charge in [-0.1, -0.05) is 79.9 Å². The van der Waals surface area contributed by atoms with Crippen LogP contribution in [0.15, 0.2) is 48.5 Å². The fourth-order valence-electron chi connectivity index (χ4n) is 2.61. The molecule has 0 bridgehead atoms. The predicted molar refractivity (Wildman–Crippen MR) is 93.7 cm³/mol. The monoisotopic (exact) mass is 340 g/mol. The van der Waals surface area contributed by atoms with Gasteiger partial charge in [-0.2, -0.15) is 0 Å². The van der Waals surface area contributed by atoms with E-state index in [9.17, 15) is 0 Å². The zero-order chi connectivity index (χ0) is 15.4. The van der Waals surface area contributed by atoms with Crippen LogP contribution in [-0.2, 0) is 0 Å². The summed E-state index contributed by atoms with van der Waals surface area (Å²) in [5.74, 6) is 0.722. The summed E-state index contributed by atoms with van der Waals surface area (Å²) in [4.78, 5) is 0. The maximum atomic E-state index is 6.80. The van der Waals surface area contributed by atoms with Crippen LogP contribution >= 0.6 is 34.8 Å². The quantitative estimate of drug-likeness (QED) is 0.508. The van der Waals surface area contributed by atoms with Crippen LogP contribution in [0.1, 0.15) is 42.7 Å². The summed E-state index contributed by atoms with van der Waals surface area (Å²) in [5.41, 5.74) is 2.28. The van der Waals surface area contributed by atoms with Crippen LogP contribution in [0.4, 0.5) is 0 Å². The third kappa shape index (κ3) is 3.94. The first-order valence-corrected chi connectivity index (χ1v) is 8.37. The lowest BCUT2D eigenvalue weighted by Gasteiger charge is -2.28. The average Bonchev–Trinajstić information content (AvgIpc) is 2.51. The zero-order valence-electron chi connectivity index (χ0n) is 12.2. The van der Waals surface area contributed by atoms with Gasteiger partial charge in [0.15, 0.2) is 0 Å². The summed E-state index contributed by atoms with van der Waals surface area (Å²) < 4.78 is 0. The Bertz CT molecular complexity index is 580. The van der Waals surface area contributed by atoms with Gasteiger partial charge < -0.3 is 0 Å². The third-order valence-corrected chi connectivity index (χ3v) is 5.28. The molecular weight excluding hydrogens is 323 g/mol. The van der Waals surface area contributed by atoms with Gasteiger partial charge in [0.25, 0.3) is 0 Å². The molecule has 3 atom stereocenters. The summed E-state index contributed by atoms with van der Waals surface area (Å²) >= 11 is 18.9. The van der Waals surface area contributed by atoms with Gasteiger partial charge in [-0.3, -0.25) is 0 Å². The molecule has 2 aromatic carbocycles. The molecule has 0 saturated carbocycles.